The number of benzene rings is 1. The van der Waals surface area contributed by atoms with E-state index in [0.29, 0.717) is 13.0 Å². The average Bonchev–Trinajstić information content (AvgIpc) is 2.43. The molecule has 2 aromatic rings. The molecule has 1 aromatic carbocycles. The van der Waals surface area contributed by atoms with Crippen molar-refractivity contribution in [2.75, 3.05) is 5.75 Å². The van der Waals surface area contributed by atoms with Gasteiger partial charge in [0.2, 0.25) is 10.0 Å². The normalized spacial score (nSPS) is 11.8. The second-order valence-corrected chi connectivity index (χ2v) is 6.46. The minimum absolute atomic E-state index is 0.185. The van der Waals surface area contributed by atoms with Gasteiger partial charge in [0, 0.05) is 18.1 Å². The fraction of sp³-hybridized carbons (Fsp3) is 0.357. The SMILES string of the molecule is CCCCS(=O)(=O)NCc1cnc2ccccc2c1. The largest absolute Gasteiger partial charge is 0.256 e. The number of pyridine rings is 1. The van der Waals surface area contributed by atoms with Crippen LogP contribution in [-0.2, 0) is 16.6 Å². The van der Waals surface area contributed by atoms with E-state index in [0.717, 1.165) is 22.9 Å². The highest BCUT2D eigenvalue weighted by Crippen LogP contribution is 2.12. The molecule has 0 unspecified atom stereocenters. The van der Waals surface area contributed by atoms with E-state index in [2.05, 4.69) is 9.71 Å². The molecule has 0 amide bonds. The summed E-state index contributed by atoms with van der Waals surface area (Å²) in [6.45, 7) is 2.27. The lowest BCUT2D eigenvalue weighted by Crippen LogP contribution is -2.25. The highest BCUT2D eigenvalue weighted by Gasteiger charge is 2.09. The van der Waals surface area contributed by atoms with Crippen molar-refractivity contribution in [2.45, 2.75) is 26.3 Å². The fourth-order valence-corrected chi connectivity index (χ4v) is 3.01. The summed E-state index contributed by atoms with van der Waals surface area (Å²) in [4.78, 5) is 4.31. The third-order valence-corrected chi connectivity index (χ3v) is 4.32. The topological polar surface area (TPSA) is 59.1 Å². The van der Waals surface area contributed by atoms with E-state index in [9.17, 15) is 8.42 Å². The molecular formula is C14H18N2O2S. The lowest BCUT2D eigenvalue weighted by atomic mass is 10.2. The molecule has 0 bridgehead atoms. The van der Waals surface area contributed by atoms with E-state index in [1.54, 1.807) is 6.20 Å². The van der Waals surface area contributed by atoms with Crippen LogP contribution in [0.5, 0.6) is 0 Å². The second kappa shape index (κ2) is 6.12. The van der Waals surface area contributed by atoms with E-state index >= 15 is 0 Å². The molecule has 0 saturated heterocycles. The number of aromatic nitrogens is 1. The first-order valence-electron chi connectivity index (χ1n) is 6.42. The molecule has 0 spiro atoms. The monoisotopic (exact) mass is 278 g/mol. The van der Waals surface area contributed by atoms with Gasteiger partial charge < -0.3 is 0 Å². The molecule has 19 heavy (non-hydrogen) atoms. The number of unbranched alkanes of at least 4 members (excludes halogenated alkanes) is 1. The Kier molecular flexibility index (Phi) is 4.50. The highest BCUT2D eigenvalue weighted by atomic mass is 32.2. The van der Waals surface area contributed by atoms with Crippen molar-refractivity contribution in [2.24, 2.45) is 0 Å². The summed E-state index contributed by atoms with van der Waals surface area (Å²) < 4.78 is 26.0. The molecule has 0 aliphatic rings. The molecule has 5 heteroatoms. The van der Waals surface area contributed by atoms with Crippen LogP contribution < -0.4 is 4.72 Å². The van der Waals surface area contributed by atoms with Crippen LogP contribution in [0, 0.1) is 0 Å². The molecule has 0 fully saturated rings. The van der Waals surface area contributed by atoms with Crippen molar-refractivity contribution in [3.8, 4) is 0 Å². The number of nitrogens with one attached hydrogen (secondary N) is 1. The maximum Gasteiger partial charge on any atom is 0.211 e. The Labute approximate surface area is 113 Å². The first kappa shape index (κ1) is 14.0. The molecule has 0 atom stereocenters. The van der Waals surface area contributed by atoms with E-state index in [4.69, 9.17) is 0 Å². The van der Waals surface area contributed by atoms with Gasteiger partial charge in [-0.1, -0.05) is 31.5 Å². The van der Waals surface area contributed by atoms with E-state index in [1.807, 2.05) is 37.3 Å². The molecule has 0 saturated carbocycles. The Morgan fingerprint density at radius 1 is 1.26 bits per heavy atom. The van der Waals surface area contributed by atoms with Crippen molar-refractivity contribution >= 4 is 20.9 Å². The lowest BCUT2D eigenvalue weighted by molar-refractivity contribution is 0.578. The standard InChI is InChI=1S/C14H18N2O2S/c1-2-3-8-19(17,18)16-11-12-9-13-6-4-5-7-14(13)15-10-12/h4-7,9-10,16H,2-3,8,11H2,1H3. The van der Waals surface area contributed by atoms with Gasteiger partial charge >= 0.3 is 0 Å². The predicted molar refractivity (Wildman–Crippen MR) is 77.3 cm³/mol. The molecule has 0 aliphatic carbocycles. The van der Waals surface area contributed by atoms with Gasteiger partial charge in [0.25, 0.3) is 0 Å². The van der Waals surface area contributed by atoms with Crippen molar-refractivity contribution in [3.63, 3.8) is 0 Å². The van der Waals surface area contributed by atoms with Gasteiger partial charge in [0.15, 0.2) is 0 Å². The maximum absolute atomic E-state index is 11.7. The number of hydrogen-bond acceptors (Lipinski definition) is 3. The maximum atomic E-state index is 11.7. The quantitative estimate of drug-likeness (QED) is 0.883. The zero-order chi connectivity index (χ0) is 13.7. The minimum Gasteiger partial charge on any atom is -0.256 e. The summed E-state index contributed by atoms with van der Waals surface area (Å²) in [6.07, 6.45) is 3.27. The van der Waals surface area contributed by atoms with Crippen LogP contribution in [0.4, 0.5) is 0 Å². The van der Waals surface area contributed by atoms with Gasteiger partial charge in [-0.2, -0.15) is 0 Å². The fourth-order valence-electron chi connectivity index (χ4n) is 1.81. The van der Waals surface area contributed by atoms with Crippen LogP contribution in [0.15, 0.2) is 36.5 Å². The zero-order valence-corrected chi connectivity index (χ0v) is 11.8. The lowest BCUT2D eigenvalue weighted by Gasteiger charge is -2.06. The van der Waals surface area contributed by atoms with Crippen LogP contribution in [-0.4, -0.2) is 19.2 Å². The molecule has 2 rings (SSSR count). The number of hydrogen-bond donors (Lipinski definition) is 1. The Bertz CT molecular complexity index is 653. The zero-order valence-electron chi connectivity index (χ0n) is 11.0. The summed E-state index contributed by atoms with van der Waals surface area (Å²) in [6, 6.07) is 9.74. The van der Waals surface area contributed by atoms with Crippen molar-refractivity contribution < 1.29 is 8.42 Å². The molecule has 1 heterocycles. The first-order valence-corrected chi connectivity index (χ1v) is 8.07. The molecule has 0 radical (unpaired) electrons. The summed E-state index contributed by atoms with van der Waals surface area (Å²) >= 11 is 0. The molecule has 0 aliphatic heterocycles. The van der Waals surface area contributed by atoms with Gasteiger partial charge in [0.05, 0.1) is 11.3 Å². The van der Waals surface area contributed by atoms with Gasteiger partial charge in [0.1, 0.15) is 0 Å². The highest BCUT2D eigenvalue weighted by molar-refractivity contribution is 7.89. The van der Waals surface area contributed by atoms with Gasteiger partial charge in [-0.25, -0.2) is 13.1 Å². The molecular weight excluding hydrogens is 260 g/mol. The molecule has 4 nitrogen and oxygen atoms in total. The Morgan fingerprint density at radius 3 is 2.84 bits per heavy atom. The number of fused-ring (bicyclic) bond motifs is 1. The Hall–Kier alpha value is -1.46. The van der Waals surface area contributed by atoms with E-state index in [-0.39, 0.29) is 5.75 Å². The Morgan fingerprint density at radius 2 is 2.05 bits per heavy atom. The molecule has 1 aromatic heterocycles. The number of nitrogens with zero attached hydrogens (tertiary/aromatic N) is 1. The van der Waals surface area contributed by atoms with Gasteiger partial charge in [-0.05, 0) is 24.1 Å². The smallest absolute Gasteiger partial charge is 0.211 e. The predicted octanol–water partition coefficient (Wildman–Crippen LogP) is 2.45. The van der Waals surface area contributed by atoms with Crippen molar-refractivity contribution in [1.29, 1.82) is 0 Å². The second-order valence-electron chi connectivity index (χ2n) is 4.53. The number of rotatable bonds is 6. The van der Waals surface area contributed by atoms with E-state index in [1.165, 1.54) is 0 Å². The summed E-state index contributed by atoms with van der Waals surface area (Å²) in [5, 5.41) is 1.02. The minimum atomic E-state index is -3.17. The molecule has 1 N–H and O–H groups in total. The summed E-state index contributed by atoms with van der Waals surface area (Å²) in [5.74, 6) is 0.185. The van der Waals surface area contributed by atoms with Crippen LogP contribution in [0.25, 0.3) is 10.9 Å². The number of sulfonamides is 1. The van der Waals surface area contributed by atoms with Crippen LogP contribution in [0.1, 0.15) is 25.3 Å². The van der Waals surface area contributed by atoms with Crippen LogP contribution in [0.2, 0.25) is 0 Å². The Balaban J connectivity index is 2.05. The number of para-hydroxylation sites is 1. The summed E-state index contributed by atoms with van der Waals surface area (Å²) in [5.41, 5.74) is 1.79. The van der Waals surface area contributed by atoms with Crippen molar-refractivity contribution in [3.05, 3.63) is 42.1 Å². The van der Waals surface area contributed by atoms with Gasteiger partial charge in [-0.15, -0.1) is 0 Å². The van der Waals surface area contributed by atoms with Crippen molar-refractivity contribution in [1.82, 2.24) is 9.71 Å². The molecule has 102 valence electrons. The first-order chi connectivity index (χ1) is 9.11. The third kappa shape index (κ3) is 4.01. The average molecular weight is 278 g/mol. The third-order valence-electron chi connectivity index (χ3n) is 2.91. The van der Waals surface area contributed by atoms with E-state index < -0.39 is 10.0 Å². The van der Waals surface area contributed by atoms with Crippen LogP contribution in [0.3, 0.4) is 0 Å². The summed E-state index contributed by atoms with van der Waals surface area (Å²) in [7, 11) is -3.17. The van der Waals surface area contributed by atoms with Crippen LogP contribution >= 0.6 is 0 Å². The van der Waals surface area contributed by atoms with Gasteiger partial charge in [-0.3, -0.25) is 4.98 Å².